The van der Waals surface area contributed by atoms with Crippen LogP contribution in [0.4, 0.5) is 5.69 Å². The monoisotopic (exact) mass is 616 g/mol. The van der Waals surface area contributed by atoms with Crippen LogP contribution in [0.2, 0.25) is 0 Å². The van der Waals surface area contributed by atoms with Gasteiger partial charge in [-0.15, -0.1) is 0 Å². The van der Waals surface area contributed by atoms with Crippen molar-refractivity contribution in [1.29, 1.82) is 0 Å². The molecule has 0 aromatic heterocycles. The average molecular weight is 617 g/mol. The van der Waals surface area contributed by atoms with Gasteiger partial charge < -0.3 is 15.4 Å². The van der Waals surface area contributed by atoms with Gasteiger partial charge in [0, 0.05) is 30.0 Å². The average Bonchev–Trinajstić information content (AvgIpc) is 2.94. The number of carbonyl (C=O) groups is 3. The first-order valence-electron chi connectivity index (χ1n) is 17.5. The molecule has 0 aliphatic heterocycles. The molecule has 6 heteroatoms. The third kappa shape index (κ3) is 4.99. The number of rotatable bonds is 5. The van der Waals surface area contributed by atoms with Gasteiger partial charge in [-0.05, 0) is 115 Å². The Balaban J connectivity index is 1.24. The van der Waals surface area contributed by atoms with Gasteiger partial charge >= 0.3 is 0 Å². The summed E-state index contributed by atoms with van der Waals surface area (Å²) in [5, 5.41) is 5.83. The second kappa shape index (κ2) is 10.7. The Bertz CT molecular complexity index is 1430. The quantitative estimate of drug-likeness (QED) is 0.325. The minimum Gasteiger partial charge on any atom is -0.473 e. The normalized spacial score (nSPS) is 41.7. The molecule has 6 nitrogen and oxygen atoms in total. The van der Waals surface area contributed by atoms with Gasteiger partial charge in [0.2, 0.25) is 11.8 Å². The number of ether oxygens (including phenoxy) is 1. The van der Waals surface area contributed by atoms with E-state index >= 15 is 0 Å². The van der Waals surface area contributed by atoms with E-state index in [1.54, 1.807) is 12.1 Å². The fourth-order valence-corrected chi connectivity index (χ4v) is 11.7. The molecule has 0 radical (unpaired) electrons. The molecule has 4 saturated carbocycles. The Morgan fingerprint density at radius 3 is 2.40 bits per heavy atom. The van der Waals surface area contributed by atoms with Gasteiger partial charge in [0.05, 0.1) is 0 Å². The van der Waals surface area contributed by atoms with Crippen LogP contribution >= 0.6 is 0 Å². The van der Waals surface area contributed by atoms with E-state index in [-0.39, 0.29) is 57.5 Å². The van der Waals surface area contributed by atoms with Crippen molar-refractivity contribution in [3.63, 3.8) is 0 Å². The number of anilines is 1. The van der Waals surface area contributed by atoms with Crippen LogP contribution in [-0.4, -0.2) is 24.3 Å². The Morgan fingerprint density at radius 1 is 0.933 bits per heavy atom. The number of fused-ring (bicyclic) bond motifs is 7. The van der Waals surface area contributed by atoms with Crippen LogP contribution in [0.15, 0.2) is 35.9 Å². The highest BCUT2D eigenvalue weighted by molar-refractivity contribution is 5.96. The fourth-order valence-electron chi connectivity index (χ4n) is 11.7. The molecule has 0 heterocycles. The smallest absolute Gasteiger partial charge is 0.228 e. The predicted molar refractivity (Wildman–Crippen MR) is 178 cm³/mol. The summed E-state index contributed by atoms with van der Waals surface area (Å²) in [6.07, 6.45) is 12.9. The molecular formula is C39H56N2O4. The minimum atomic E-state index is -0.539. The second-order valence-corrected chi connectivity index (χ2v) is 17.6. The molecule has 4 fully saturated rings. The number of ketones is 1. The van der Waals surface area contributed by atoms with Crippen molar-refractivity contribution in [2.45, 2.75) is 120 Å². The maximum absolute atomic E-state index is 14.5. The van der Waals surface area contributed by atoms with Crippen molar-refractivity contribution >= 4 is 23.3 Å². The van der Waals surface area contributed by atoms with Crippen molar-refractivity contribution < 1.29 is 19.1 Å². The van der Waals surface area contributed by atoms with Crippen LogP contribution in [0, 0.1) is 50.2 Å². The Labute approximate surface area is 270 Å². The van der Waals surface area contributed by atoms with Crippen LogP contribution in [0.5, 0.6) is 5.75 Å². The SMILES string of the molecule is CC(=O)Nc1cccc(OCNC(=O)[C@@]2(C)CC[C@]3(C)CC[C@]4(C)C(=CC(=O)[C@@H]5[C@@]6(C)CCCC(C)(C)C6CC[C@]54C)[C@@H]3C2)c1. The zero-order valence-electron chi connectivity index (χ0n) is 29.0. The van der Waals surface area contributed by atoms with E-state index in [0.717, 1.165) is 44.9 Å². The molecule has 2 N–H and O–H groups in total. The molecule has 1 aromatic rings. The minimum absolute atomic E-state index is 0.0131. The van der Waals surface area contributed by atoms with Crippen molar-refractivity contribution in [2.24, 2.45) is 50.2 Å². The Morgan fingerprint density at radius 2 is 1.67 bits per heavy atom. The number of carbonyl (C=O) groups excluding carboxylic acids is 3. The molecule has 8 atom stereocenters. The van der Waals surface area contributed by atoms with E-state index in [9.17, 15) is 14.4 Å². The molecule has 2 amide bonds. The number of allylic oxidation sites excluding steroid dienone is 2. The molecule has 45 heavy (non-hydrogen) atoms. The van der Waals surface area contributed by atoms with Crippen LogP contribution in [0.1, 0.15) is 120 Å². The topological polar surface area (TPSA) is 84.5 Å². The van der Waals surface area contributed by atoms with Gasteiger partial charge in [0.25, 0.3) is 0 Å². The molecule has 1 aromatic carbocycles. The van der Waals surface area contributed by atoms with Gasteiger partial charge in [-0.2, -0.15) is 0 Å². The van der Waals surface area contributed by atoms with Crippen molar-refractivity contribution in [1.82, 2.24) is 5.32 Å². The van der Waals surface area contributed by atoms with E-state index < -0.39 is 5.41 Å². The molecule has 1 unspecified atom stereocenters. The highest BCUT2D eigenvalue weighted by atomic mass is 16.5. The molecular weight excluding hydrogens is 560 g/mol. The van der Waals surface area contributed by atoms with Gasteiger partial charge in [-0.25, -0.2) is 0 Å². The third-order valence-corrected chi connectivity index (χ3v) is 14.5. The summed E-state index contributed by atoms with van der Waals surface area (Å²) in [5.74, 6) is 1.70. The first kappa shape index (κ1) is 32.3. The molecule has 6 rings (SSSR count). The van der Waals surface area contributed by atoms with Gasteiger partial charge in [-0.3, -0.25) is 14.4 Å². The van der Waals surface area contributed by atoms with Gasteiger partial charge in [0.15, 0.2) is 12.5 Å². The summed E-state index contributed by atoms with van der Waals surface area (Å²) in [6, 6.07) is 7.20. The zero-order valence-corrected chi connectivity index (χ0v) is 29.0. The number of hydrogen-bond donors (Lipinski definition) is 2. The Kier molecular flexibility index (Phi) is 7.69. The first-order chi connectivity index (χ1) is 21.0. The fraction of sp³-hybridized carbons (Fsp3) is 0.718. The van der Waals surface area contributed by atoms with Crippen molar-refractivity contribution in [3.05, 3.63) is 35.9 Å². The second-order valence-electron chi connectivity index (χ2n) is 17.6. The van der Waals surface area contributed by atoms with Crippen LogP contribution in [0.25, 0.3) is 0 Å². The van der Waals surface area contributed by atoms with Crippen molar-refractivity contribution in [3.8, 4) is 5.75 Å². The van der Waals surface area contributed by atoms with Crippen LogP contribution in [-0.2, 0) is 14.4 Å². The van der Waals surface area contributed by atoms with E-state index in [0.29, 0.717) is 23.1 Å². The van der Waals surface area contributed by atoms with Crippen LogP contribution in [0.3, 0.4) is 0 Å². The lowest BCUT2D eigenvalue weighted by molar-refractivity contribution is -0.185. The predicted octanol–water partition coefficient (Wildman–Crippen LogP) is 8.47. The van der Waals surface area contributed by atoms with E-state index in [1.165, 1.54) is 31.8 Å². The lowest BCUT2D eigenvalue weighted by Crippen LogP contribution is -2.65. The highest BCUT2D eigenvalue weighted by Crippen LogP contribution is 2.75. The molecule has 246 valence electrons. The summed E-state index contributed by atoms with van der Waals surface area (Å²) < 4.78 is 5.88. The number of amides is 2. The third-order valence-electron chi connectivity index (χ3n) is 14.5. The summed E-state index contributed by atoms with van der Waals surface area (Å²) in [4.78, 5) is 39.8. The van der Waals surface area contributed by atoms with Gasteiger partial charge in [0.1, 0.15) is 5.75 Å². The lowest BCUT2D eigenvalue weighted by Gasteiger charge is -2.70. The van der Waals surface area contributed by atoms with E-state index in [2.05, 4.69) is 65.2 Å². The molecule has 0 bridgehead atoms. The maximum atomic E-state index is 14.5. The number of nitrogens with one attached hydrogen (secondary N) is 2. The molecule has 0 spiro atoms. The summed E-state index contributed by atoms with van der Waals surface area (Å²) in [6.45, 7) is 18.4. The lowest BCUT2D eigenvalue weighted by atomic mass is 9.33. The Hall–Kier alpha value is -2.63. The molecule has 0 saturated heterocycles. The largest absolute Gasteiger partial charge is 0.473 e. The molecule has 5 aliphatic rings. The molecule has 5 aliphatic carbocycles. The first-order valence-corrected chi connectivity index (χ1v) is 17.5. The zero-order chi connectivity index (χ0) is 32.6. The number of hydrogen-bond acceptors (Lipinski definition) is 4. The summed E-state index contributed by atoms with van der Waals surface area (Å²) in [7, 11) is 0. The van der Waals surface area contributed by atoms with Gasteiger partial charge in [-0.1, -0.05) is 66.5 Å². The van der Waals surface area contributed by atoms with Crippen LogP contribution < -0.4 is 15.4 Å². The summed E-state index contributed by atoms with van der Waals surface area (Å²) >= 11 is 0. The number of benzene rings is 1. The standard InChI is InChI=1S/C39H56N2O4/c1-25(42)41-26-11-9-12-27(21-26)45-24-40-33(44)36(5)18-17-35(4)19-20-38(7)28(29(35)23-36)22-30(43)32-37(6)15-10-14-34(2,3)31(37)13-16-39(32,38)8/h9,11-12,21-22,29,31-32H,10,13-20,23-24H2,1-8H3,(H,40,44)(H,41,42)/t29-,31?,32+,35+,36-,37-,38+,39+/m0/s1. The maximum Gasteiger partial charge on any atom is 0.228 e. The summed E-state index contributed by atoms with van der Waals surface area (Å²) in [5.41, 5.74) is 1.78. The highest BCUT2D eigenvalue weighted by Gasteiger charge is 2.69. The van der Waals surface area contributed by atoms with Crippen molar-refractivity contribution in [2.75, 3.05) is 12.0 Å². The van der Waals surface area contributed by atoms with E-state index in [4.69, 9.17) is 4.74 Å². The van der Waals surface area contributed by atoms with E-state index in [1.807, 2.05) is 12.1 Å².